The Bertz CT molecular complexity index is 512. The van der Waals surface area contributed by atoms with Crippen molar-refractivity contribution in [2.75, 3.05) is 19.7 Å². The Hall–Kier alpha value is -1.31. The van der Waals surface area contributed by atoms with E-state index in [1.807, 2.05) is 16.3 Å². The van der Waals surface area contributed by atoms with Crippen LogP contribution in [0.5, 0.6) is 0 Å². The Kier molecular flexibility index (Phi) is 4.62. The van der Waals surface area contributed by atoms with Crippen molar-refractivity contribution in [2.24, 2.45) is 11.8 Å². The molecular weight excluding hydrogens is 258 g/mol. The highest BCUT2D eigenvalue weighted by Gasteiger charge is 2.27. The SMILES string of the molecule is CC1CCN(C(=O)c2sccc2C#CCO)CC1C. The summed E-state index contributed by atoms with van der Waals surface area (Å²) in [5.74, 6) is 6.76. The summed E-state index contributed by atoms with van der Waals surface area (Å²) >= 11 is 1.43. The standard InChI is InChI=1S/C15H19NO2S/c1-11-5-7-16(10-12(11)2)15(18)14-13(4-3-8-17)6-9-19-14/h6,9,11-12,17H,5,7-8,10H2,1-2H3. The van der Waals surface area contributed by atoms with Gasteiger partial charge < -0.3 is 10.0 Å². The zero-order valence-corrected chi connectivity index (χ0v) is 12.2. The van der Waals surface area contributed by atoms with Crippen molar-refractivity contribution in [2.45, 2.75) is 20.3 Å². The Labute approximate surface area is 118 Å². The first-order valence-corrected chi connectivity index (χ1v) is 7.48. The monoisotopic (exact) mass is 277 g/mol. The molecule has 1 fully saturated rings. The Balaban J connectivity index is 2.14. The van der Waals surface area contributed by atoms with E-state index in [4.69, 9.17) is 5.11 Å². The van der Waals surface area contributed by atoms with Crippen molar-refractivity contribution < 1.29 is 9.90 Å². The third kappa shape index (κ3) is 3.17. The summed E-state index contributed by atoms with van der Waals surface area (Å²) in [7, 11) is 0. The van der Waals surface area contributed by atoms with Crippen LogP contribution in [0.15, 0.2) is 11.4 Å². The number of hydrogen-bond donors (Lipinski definition) is 1. The smallest absolute Gasteiger partial charge is 0.265 e. The molecule has 1 aliphatic rings. The summed E-state index contributed by atoms with van der Waals surface area (Å²) in [6, 6.07) is 1.84. The van der Waals surface area contributed by atoms with Crippen LogP contribution in [0.3, 0.4) is 0 Å². The molecule has 0 aromatic carbocycles. The van der Waals surface area contributed by atoms with Crippen molar-refractivity contribution in [3.8, 4) is 11.8 Å². The van der Waals surface area contributed by atoms with Gasteiger partial charge in [-0.25, -0.2) is 0 Å². The van der Waals surface area contributed by atoms with Crippen molar-refractivity contribution in [3.05, 3.63) is 21.9 Å². The van der Waals surface area contributed by atoms with Gasteiger partial charge in [0.05, 0.1) is 0 Å². The van der Waals surface area contributed by atoms with Crippen LogP contribution < -0.4 is 0 Å². The molecule has 1 N–H and O–H groups in total. The fourth-order valence-corrected chi connectivity index (χ4v) is 3.12. The van der Waals surface area contributed by atoms with Crippen LogP contribution in [0.4, 0.5) is 0 Å². The number of rotatable bonds is 1. The summed E-state index contributed by atoms with van der Waals surface area (Å²) in [4.78, 5) is 15.1. The fraction of sp³-hybridized carbons (Fsp3) is 0.533. The number of carbonyl (C=O) groups excluding carboxylic acids is 1. The van der Waals surface area contributed by atoms with Crippen molar-refractivity contribution >= 4 is 17.2 Å². The Morgan fingerprint density at radius 2 is 2.32 bits per heavy atom. The summed E-state index contributed by atoms with van der Waals surface area (Å²) in [5.41, 5.74) is 0.732. The number of aliphatic hydroxyl groups is 1. The number of aliphatic hydroxyl groups excluding tert-OH is 1. The van der Waals surface area contributed by atoms with E-state index in [1.54, 1.807) is 0 Å². The van der Waals surface area contributed by atoms with Gasteiger partial charge in [-0.2, -0.15) is 0 Å². The van der Waals surface area contributed by atoms with E-state index in [9.17, 15) is 4.79 Å². The lowest BCUT2D eigenvalue weighted by Gasteiger charge is -2.35. The Morgan fingerprint density at radius 3 is 3.00 bits per heavy atom. The molecule has 19 heavy (non-hydrogen) atoms. The number of amides is 1. The maximum absolute atomic E-state index is 12.5. The lowest BCUT2D eigenvalue weighted by molar-refractivity contribution is 0.0632. The van der Waals surface area contributed by atoms with Crippen molar-refractivity contribution in [1.82, 2.24) is 4.90 Å². The van der Waals surface area contributed by atoms with Gasteiger partial charge in [-0.05, 0) is 29.7 Å². The molecule has 0 radical (unpaired) electrons. The van der Waals surface area contributed by atoms with Gasteiger partial charge in [0.15, 0.2) is 0 Å². The molecule has 2 unspecified atom stereocenters. The van der Waals surface area contributed by atoms with Crippen LogP contribution in [0, 0.1) is 23.7 Å². The van der Waals surface area contributed by atoms with E-state index in [1.165, 1.54) is 11.3 Å². The molecule has 2 atom stereocenters. The lowest BCUT2D eigenvalue weighted by atomic mass is 9.88. The number of likely N-dealkylation sites (tertiary alicyclic amines) is 1. The van der Waals surface area contributed by atoms with Gasteiger partial charge in [0.1, 0.15) is 11.5 Å². The van der Waals surface area contributed by atoms with E-state index < -0.39 is 0 Å². The maximum Gasteiger partial charge on any atom is 0.265 e. The highest BCUT2D eigenvalue weighted by atomic mass is 32.1. The first-order valence-electron chi connectivity index (χ1n) is 6.60. The van der Waals surface area contributed by atoms with Gasteiger partial charge in [-0.15, -0.1) is 11.3 Å². The minimum atomic E-state index is -0.179. The number of piperidine rings is 1. The van der Waals surface area contributed by atoms with Crippen molar-refractivity contribution in [3.63, 3.8) is 0 Å². The number of thiophene rings is 1. The van der Waals surface area contributed by atoms with Gasteiger partial charge in [-0.1, -0.05) is 25.7 Å². The molecule has 1 aromatic rings. The van der Waals surface area contributed by atoms with E-state index in [-0.39, 0.29) is 12.5 Å². The van der Waals surface area contributed by atoms with E-state index in [0.29, 0.717) is 16.7 Å². The molecule has 3 nitrogen and oxygen atoms in total. The summed E-state index contributed by atoms with van der Waals surface area (Å²) in [5, 5.41) is 10.6. The first-order chi connectivity index (χ1) is 9.13. The molecule has 0 aliphatic carbocycles. The summed E-state index contributed by atoms with van der Waals surface area (Å²) in [6.07, 6.45) is 1.07. The molecule has 0 saturated carbocycles. The second-order valence-electron chi connectivity index (χ2n) is 5.12. The molecule has 1 aliphatic heterocycles. The van der Waals surface area contributed by atoms with Crippen LogP contribution in [0.2, 0.25) is 0 Å². The van der Waals surface area contributed by atoms with Gasteiger partial charge >= 0.3 is 0 Å². The zero-order valence-electron chi connectivity index (χ0n) is 11.3. The normalized spacial score (nSPS) is 22.8. The molecule has 2 heterocycles. The van der Waals surface area contributed by atoms with Gasteiger partial charge in [-0.3, -0.25) is 4.79 Å². The topological polar surface area (TPSA) is 40.5 Å². The van der Waals surface area contributed by atoms with E-state index in [2.05, 4.69) is 25.7 Å². The van der Waals surface area contributed by atoms with Crippen molar-refractivity contribution in [1.29, 1.82) is 0 Å². The fourth-order valence-electron chi connectivity index (χ4n) is 2.30. The lowest BCUT2D eigenvalue weighted by Crippen LogP contribution is -2.42. The predicted molar refractivity (Wildman–Crippen MR) is 77.1 cm³/mol. The van der Waals surface area contributed by atoms with Gasteiger partial charge in [0.2, 0.25) is 0 Å². The van der Waals surface area contributed by atoms with E-state index >= 15 is 0 Å². The predicted octanol–water partition coefficient (Wildman–Crippen LogP) is 2.21. The zero-order chi connectivity index (χ0) is 13.8. The number of nitrogens with zero attached hydrogens (tertiary/aromatic N) is 1. The molecule has 2 rings (SSSR count). The highest BCUT2D eigenvalue weighted by Crippen LogP contribution is 2.26. The molecule has 1 amide bonds. The second kappa shape index (κ2) is 6.23. The molecule has 1 saturated heterocycles. The molecule has 0 bridgehead atoms. The van der Waals surface area contributed by atoms with Crippen LogP contribution in [0.1, 0.15) is 35.5 Å². The minimum Gasteiger partial charge on any atom is -0.384 e. The molecular formula is C15H19NO2S. The Morgan fingerprint density at radius 1 is 1.53 bits per heavy atom. The van der Waals surface area contributed by atoms with Gasteiger partial charge in [0, 0.05) is 18.7 Å². The van der Waals surface area contributed by atoms with Gasteiger partial charge in [0.25, 0.3) is 5.91 Å². The highest BCUT2D eigenvalue weighted by molar-refractivity contribution is 7.12. The quantitative estimate of drug-likeness (QED) is 0.800. The molecule has 102 valence electrons. The first kappa shape index (κ1) is 14.1. The van der Waals surface area contributed by atoms with Crippen LogP contribution in [-0.4, -0.2) is 35.6 Å². The maximum atomic E-state index is 12.5. The summed E-state index contributed by atoms with van der Waals surface area (Å²) < 4.78 is 0. The summed E-state index contributed by atoms with van der Waals surface area (Å²) in [6.45, 7) is 5.92. The third-order valence-corrected chi connectivity index (χ3v) is 4.69. The molecule has 0 spiro atoms. The molecule has 4 heteroatoms. The van der Waals surface area contributed by atoms with Crippen LogP contribution >= 0.6 is 11.3 Å². The number of hydrogen-bond acceptors (Lipinski definition) is 3. The average molecular weight is 277 g/mol. The third-order valence-electron chi connectivity index (χ3n) is 3.78. The van der Waals surface area contributed by atoms with E-state index in [0.717, 1.165) is 25.1 Å². The second-order valence-corrected chi connectivity index (χ2v) is 6.03. The minimum absolute atomic E-state index is 0.0796. The van der Waals surface area contributed by atoms with Crippen LogP contribution in [0.25, 0.3) is 0 Å². The largest absolute Gasteiger partial charge is 0.384 e. The molecule has 1 aromatic heterocycles. The number of carbonyl (C=O) groups is 1. The average Bonchev–Trinajstić information content (AvgIpc) is 2.87. The van der Waals surface area contributed by atoms with Crippen LogP contribution in [-0.2, 0) is 0 Å².